The van der Waals surface area contributed by atoms with Gasteiger partial charge in [-0.3, -0.25) is 0 Å². The van der Waals surface area contributed by atoms with E-state index in [4.69, 9.17) is 4.74 Å². The Kier molecular flexibility index (Phi) is 6.58. The summed E-state index contributed by atoms with van der Waals surface area (Å²) in [5, 5.41) is 17.2. The lowest BCUT2D eigenvalue weighted by Gasteiger charge is -2.07. The number of thiazole rings is 1. The molecule has 28 heavy (non-hydrogen) atoms. The molecule has 2 aromatic heterocycles. The molecule has 0 aliphatic carbocycles. The summed E-state index contributed by atoms with van der Waals surface area (Å²) in [7, 11) is 0. The minimum atomic E-state index is -0.336. The van der Waals surface area contributed by atoms with Crippen LogP contribution in [0, 0.1) is 17.2 Å². The Hall–Kier alpha value is -2.95. The van der Waals surface area contributed by atoms with Gasteiger partial charge in [-0.15, -0.1) is 22.7 Å². The van der Waals surface area contributed by atoms with Gasteiger partial charge in [0.25, 0.3) is 0 Å². The van der Waals surface area contributed by atoms with E-state index in [1.54, 1.807) is 41.8 Å². The van der Waals surface area contributed by atoms with Crippen LogP contribution >= 0.6 is 22.7 Å². The quantitative estimate of drug-likeness (QED) is 0.402. The van der Waals surface area contributed by atoms with E-state index in [1.807, 2.05) is 36.7 Å². The number of nitrogens with one attached hydrogen (secondary N) is 1. The number of hydrogen-bond acceptors (Lipinski definition) is 7. The largest absolute Gasteiger partial charge is 0.462 e. The van der Waals surface area contributed by atoms with Crippen LogP contribution in [0.4, 0.5) is 5.69 Å². The molecule has 0 radical (unpaired) electrons. The zero-order valence-electron chi connectivity index (χ0n) is 15.5. The Morgan fingerprint density at radius 1 is 1.29 bits per heavy atom. The molecule has 3 aromatic rings. The maximum absolute atomic E-state index is 12.0. The zero-order chi connectivity index (χ0) is 19.9. The molecule has 0 bridgehead atoms. The number of rotatable bonds is 7. The second kappa shape index (κ2) is 9.31. The fourth-order valence-corrected chi connectivity index (χ4v) is 3.81. The van der Waals surface area contributed by atoms with Crippen molar-refractivity contribution in [2.75, 3.05) is 11.9 Å². The number of esters is 1. The first-order valence-electron chi connectivity index (χ1n) is 8.70. The van der Waals surface area contributed by atoms with Gasteiger partial charge in [0.2, 0.25) is 0 Å². The van der Waals surface area contributed by atoms with Crippen molar-refractivity contribution in [1.82, 2.24) is 4.98 Å². The van der Waals surface area contributed by atoms with E-state index in [0.29, 0.717) is 28.7 Å². The third kappa shape index (κ3) is 5.06. The number of aromatic nitrogens is 1. The molecule has 0 saturated heterocycles. The van der Waals surface area contributed by atoms with Gasteiger partial charge in [-0.1, -0.05) is 19.9 Å². The van der Waals surface area contributed by atoms with E-state index < -0.39 is 0 Å². The van der Waals surface area contributed by atoms with Crippen LogP contribution in [0.15, 0.2) is 53.4 Å². The molecule has 0 amide bonds. The minimum Gasteiger partial charge on any atom is -0.462 e. The number of carbonyl (C=O) groups excluding carboxylic acids is 1. The molecule has 1 N–H and O–H groups in total. The number of hydrogen-bond donors (Lipinski definition) is 1. The van der Waals surface area contributed by atoms with Crippen molar-refractivity contribution in [2.45, 2.75) is 13.8 Å². The van der Waals surface area contributed by atoms with Crippen LogP contribution in [-0.2, 0) is 4.74 Å². The second-order valence-corrected chi connectivity index (χ2v) is 8.20. The summed E-state index contributed by atoms with van der Waals surface area (Å²) in [5.41, 5.74) is 2.59. The van der Waals surface area contributed by atoms with Gasteiger partial charge >= 0.3 is 5.97 Å². The van der Waals surface area contributed by atoms with Crippen LogP contribution in [0.25, 0.3) is 16.1 Å². The van der Waals surface area contributed by atoms with E-state index in [-0.39, 0.29) is 5.97 Å². The van der Waals surface area contributed by atoms with E-state index in [2.05, 4.69) is 16.4 Å². The summed E-state index contributed by atoms with van der Waals surface area (Å²) in [5.74, 6) is -0.0389. The number of anilines is 1. The molecule has 0 saturated carbocycles. The molecule has 0 aliphatic heterocycles. The Balaban J connectivity index is 1.66. The minimum absolute atomic E-state index is 0.297. The fraction of sp³-hybridized carbons (Fsp3) is 0.190. The molecule has 5 nitrogen and oxygen atoms in total. The summed E-state index contributed by atoms with van der Waals surface area (Å²) in [6, 6.07) is 13.1. The second-order valence-electron chi connectivity index (χ2n) is 6.40. The molecule has 0 atom stereocenters. The molecule has 0 aliphatic rings. The van der Waals surface area contributed by atoms with E-state index in [1.165, 1.54) is 11.3 Å². The maximum atomic E-state index is 12.0. The lowest BCUT2D eigenvalue weighted by molar-refractivity contribution is 0.0459. The van der Waals surface area contributed by atoms with Crippen LogP contribution in [0.3, 0.4) is 0 Å². The lowest BCUT2D eigenvalue weighted by Crippen LogP contribution is -2.10. The highest BCUT2D eigenvalue weighted by Gasteiger charge is 2.10. The van der Waals surface area contributed by atoms with Gasteiger partial charge in [0, 0.05) is 17.3 Å². The van der Waals surface area contributed by atoms with Crippen molar-refractivity contribution in [3.63, 3.8) is 0 Å². The molecule has 2 heterocycles. The Morgan fingerprint density at radius 3 is 2.71 bits per heavy atom. The number of benzene rings is 1. The van der Waals surface area contributed by atoms with E-state index in [9.17, 15) is 10.1 Å². The van der Waals surface area contributed by atoms with Gasteiger partial charge in [0.1, 0.15) is 16.6 Å². The highest BCUT2D eigenvalue weighted by molar-refractivity contribution is 7.14. The third-order valence-corrected chi connectivity index (χ3v) is 5.45. The monoisotopic (exact) mass is 409 g/mol. The van der Waals surface area contributed by atoms with E-state index in [0.717, 1.165) is 16.3 Å². The normalized spacial score (nSPS) is 11.3. The number of nitrogens with zero attached hydrogens (tertiary/aromatic N) is 2. The van der Waals surface area contributed by atoms with Crippen LogP contribution < -0.4 is 5.32 Å². The van der Waals surface area contributed by atoms with E-state index >= 15 is 0 Å². The maximum Gasteiger partial charge on any atom is 0.338 e. The first kappa shape index (κ1) is 19.8. The first-order chi connectivity index (χ1) is 13.6. The van der Waals surface area contributed by atoms with Crippen molar-refractivity contribution in [3.05, 3.63) is 63.9 Å². The van der Waals surface area contributed by atoms with Crippen molar-refractivity contribution in [2.24, 2.45) is 5.92 Å². The van der Waals surface area contributed by atoms with Crippen LogP contribution in [0.5, 0.6) is 0 Å². The Labute approximate surface area is 171 Å². The number of allylic oxidation sites excluding steroid dienone is 1. The summed E-state index contributed by atoms with van der Waals surface area (Å²) >= 11 is 3.05. The van der Waals surface area contributed by atoms with Gasteiger partial charge in [-0.2, -0.15) is 5.26 Å². The van der Waals surface area contributed by atoms with Crippen molar-refractivity contribution in [3.8, 4) is 16.6 Å². The standard InChI is InChI=1S/C21H19N3O2S2/c1-14(2)12-26-21(25)15-5-7-17(8-6-15)23-11-16(10-22)20-24-18(13-28-20)19-4-3-9-27-19/h3-9,11,13-14,23H,12H2,1-2H3. The first-order valence-corrected chi connectivity index (χ1v) is 10.5. The van der Waals surface area contributed by atoms with Crippen LogP contribution in [0.1, 0.15) is 29.2 Å². The van der Waals surface area contributed by atoms with Crippen LogP contribution in [-0.4, -0.2) is 17.6 Å². The average molecular weight is 410 g/mol. The highest BCUT2D eigenvalue weighted by Crippen LogP contribution is 2.28. The summed E-state index contributed by atoms with van der Waals surface area (Å²) in [4.78, 5) is 17.6. The highest BCUT2D eigenvalue weighted by atomic mass is 32.1. The number of nitriles is 1. The predicted molar refractivity (Wildman–Crippen MR) is 114 cm³/mol. The summed E-state index contributed by atoms with van der Waals surface area (Å²) in [6.07, 6.45) is 1.63. The Bertz CT molecular complexity index is 997. The summed E-state index contributed by atoms with van der Waals surface area (Å²) < 4.78 is 5.22. The molecule has 0 spiro atoms. The number of thiophene rings is 1. The molecule has 142 valence electrons. The van der Waals surface area contributed by atoms with Gasteiger partial charge in [0.05, 0.1) is 22.7 Å². The molecule has 3 rings (SSSR count). The SMILES string of the molecule is CC(C)COC(=O)c1ccc(NC=C(C#N)c2nc(-c3cccs3)cs2)cc1. The van der Waals surface area contributed by atoms with Crippen LogP contribution in [0.2, 0.25) is 0 Å². The van der Waals surface area contributed by atoms with Crippen molar-refractivity contribution in [1.29, 1.82) is 5.26 Å². The van der Waals surface area contributed by atoms with Gasteiger partial charge < -0.3 is 10.1 Å². The third-order valence-electron chi connectivity index (χ3n) is 3.68. The number of carbonyl (C=O) groups is 1. The summed E-state index contributed by atoms with van der Waals surface area (Å²) in [6.45, 7) is 4.38. The predicted octanol–water partition coefficient (Wildman–Crippen LogP) is 5.66. The van der Waals surface area contributed by atoms with Gasteiger partial charge in [-0.05, 0) is 41.6 Å². The number of ether oxygens (including phenoxy) is 1. The zero-order valence-corrected chi connectivity index (χ0v) is 17.1. The molecule has 1 aromatic carbocycles. The van der Waals surface area contributed by atoms with Gasteiger partial charge in [0.15, 0.2) is 0 Å². The lowest BCUT2D eigenvalue weighted by atomic mass is 10.2. The Morgan fingerprint density at radius 2 is 2.07 bits per heavy atom. The van der Waals surface area contributed by atoms with Crippen molar-refractivity contribution >= 4 is 39.9 Å². The molecular weight excluding hydrogens is 390 g/mol. The molecule has 0 unspecified atom stereocenters. The molecular formula is C21H19N3O2S2. The molecule has 7 heteroatoms. The fourth-order valence-electron chi connectivity index (χ4n) is 2.26. The van der Waals surface area contributed by atoms with Crippen molar-refractivity contribution < 1.29 is 9.53 Å². The average Bonchev–Trinajstić information content (AvgIpc) is 3.39. The topological polar surface area (TPSA) is 75.0 Å². The van der Waals surface area contributed by atoms with Gasteiger partial charge in [-0.25, -0.2) is 9.78 Å². The smallest absolute Gasteiger partial charge is 0.338 e. The molecule has 0 fully saturated rings.